The maximum atomic E-state index is 8.82. The Morgan fingerprint density at radius 2 is 2.10 bits per heavy atom. The van der Waals surface area contributed by atoms with Gasteiger partial charge in [-0.2, -0.15) is 5.26 Å². The van der Waals surface area contributed by atoms with Crippen molar-refractivity contribution in [2.75, 3.05) is 11.1 Å². The highest BCUT2D eigenvalue weighted by molar-refractivity contribution is 5.81. The summed E-state index contributed by atoms with van der Waals surface area (Å²) in [6.45, 7) is 1.81. The summed E-state index contributed by atoms with van der Waals surface area (Å²) in [6.07, 6.45) is 0. The van der Waals surface area contributed by atoms with Crippen LogP contribution in [-0.4, -0.2) is 4.98 Å². The van der Waals surface area contributed by atoms with E-state index >= 15 is 0 Å². The van der Waals surface area contributed by atoms with Crippen LogP contribution < -0.4 is 11.1 Å². The Hall–Kier alpha value is -3.00. The molecule has 0 atom stereocenters. The fraction of sp³-hybridized carbons (Fsp3) is 0.0667. The highest BCUT2D eigenvalue weighted by Gasteiger charge is 2.05. The number of hydrogen-bond acceptors (Lipinski definition) is 5. The lowest BCUT2D eigenvalue weighted by Crippen LogP contribution is -1.96. The Kier molecular flexibility index (Phi) is 2.77. The van der Waals surface area contributed by atoms with E-state index in [2.05, 4.69) is 16.4 Å². The monoisotopic (exact) mass is 264 g/mol. The summed E-state index contributed by atoms with van der Waals surface area (Å²) in [5.41, 5.74) is 10.1. The van der Waals surface area contributed by atoms with Crippen LogP contribution in [0.25, 0.3) is 11.1 Å². The average Bonchev–Trinajstić information content (AvgIpc) is 2.80. The number of aromatic nitrogens is 1. The van der Waals surface area contributed by atoms with Gasteiger partial charge in [0.1, 0.15) is 5.52 Å². The summed E-state index contributed by atoms with van der Waals surface area (Å²) in [5.74, 6) is 0.634. The van der Waals surface area contributed by atoms with E-state index in [0.29, 0.717) is 17.1 Å². The van der Waals surface area contributed by atoms with E-state index in [-0.39, 0.29) is 0 Å². The number of nitrogens with one attached hydrogen (secondary N) is 1. The fourth-order valence-corrected chi connectivity index (χ4v) is 2.02. The van der Waals surface area contributed by atoms with Crippen molar-refractivity contribution in [1.82, 2.24) is 4.98 Å². The minimum atomic E-state index is 0.526. The molecular formula is C15H12N4O. The summed E-state index contributed by atoms with van der Waals surface area (Å²) in [4.78, 5) is 4.25. The topological polar surface area (TPSA) is 87.9 Å². The molecule has 98 valence electrons. The highest BCUT2D eigenvalue weighted by Crippen LogP contribution is 2.26. The van der Waals surface area contributed by atoms with E-state index in [0.717, 1.165) is 22.5 Å². The van der Waals surface area contributed by atoms with Crippen LogP contribution in [0.15, 0.2) is 40.8 Å². The van der Waals surface area contributed by atoms with Gasteiger partial charge in [-0.3, -0.25) is 0 Å². The number of aryl methyl sites for hydroxylation is 1. The van der Waals surface area contributed by atoms with Crippen LogP contribution in [-0.2, 0) is 0 Å². The van der Waals surface area contributed by atoms with Crippen molar-refractivity contribution in [1.29, 1.82) is 5.26 Å². The SMILES string of the molecule is Cc1nc2ccc(Nc3ccc(C#N)cc3N)cc2o1. The van der Waals surface area contributed by atoms with Gasteiger partial charge in [-0.15, -0.1) is 0 Å². The molecule has 0 radical (unpaired) electrons. The number of oxazole rings is 1. The third kappa shape index (κ3) is 2.15. The molecule has 0 unspecified atom stereocenters. The summed E-state index contributed by atoms with van der Waals surface area (Å²) < 4.78 is 5.49. The van der Waals surface area contributed by atoms with Gasteiger partial charge in [-0.1, -0.05) is 0 Å². The van der Waals surface area contributed by atoms with Gasteiger partial charge in [0, 0.05) is 18.7 Å². The smallest absolute Gasteiger partial charge is 0.192 e. The lowest BCUT2D eigenvalue weighted by molar-refractivity contribution is 0.561. The van der Waals surface area contributed by atoms with Crippen molar-refractivity contribution in [3.63, 3.8) is 0 Å². The fourth-order valence-electron chi connectivity index (χ4n) is 2.02. The molecule has 0 aliphatic carbocycles. The Bertz CT molecular complexity index is 829. The maximum Gasteiger partial charge on any atom is 0.192 e. The molecule has 3 N–H and O–H groups in total. The van der Waals surface area contributed by atoms with Crippen LogP contribution in [0.1, 0.15) is 11.5 Å². The van der Waals surface area contributed by atoms with Crippen LogP contribution in [0.4, 0.5) is 17.1 Å². The molecule has 0 saturated heterocycles. The molecule has 0 aliphatic rings. The van der Waals surface area contributed by atoms with Crippen molar-refractivity contribution < 1.29 is 4.42 Å². The molecule has 0 saturated carbocycles. The predicted octanol–water partition coefficient (Wildman–Crippen LogP) is 3.33. The number of anilines is 3. The van der Waals surface area contributed by atoms with Gasteiger partial charge in [-0.05, 0) is 30.3 Å². The minimum absolute atomic E-state index is 0.526. The van der Waals surface area contributed by atoms with Crippen LogP contribution in [0, 0.1) is 18.3 Å². The highest BCUT2D eigenvalue weighted by atomic mass is 16.3. The van der Waals surface area contributed by atoms with Gasteiger partial charge < -0.3 is 15.5 Å². The molecule has 0 bridgehead atoms. The molecule has 0 spiro atoms. The zero-order valence-corrected chi connectivity index (χ0v) is 10.8. The first kappa shape index (κ1) is 12.1. The molecule has 0 aliphatic heterocycles. The van der Waals surface area contributed by atoms with E-state index in [9.17, 15) is 0 Å². The lowest BCUT2D eigenvalue weighted by atomic mass is 10.2. The third-order valence-electron chi connectivity index (χ3n) is 2.96. The summed E-state index contributed by atoms with van der Waals surface area (Å²) in [6, 6.07) is 12.8. The van der Waals surface area contributed by atoms with Gasteiger partial charge in [0.25, 0.3) is 0 Å². The minimum Gasteiger partial charge on any atom is -0.441 e. The number of nitriles is 1. The second-order valence-electron chi connectivity index (χ2n) is 4.45. The van der Waals surface area contributed by atoms with Crippen LogP contribution in [0.2, 0.25) is 0 Å². The van der Waals surface area contributed by atoms with Gasteiger partial charge >= 0.3 is 0 Å². The van der Waals surface area contributed by atoms with E-state index in [4.69, 9.17) is 15.4 Å². The number of benzene rings is 2. The van der Waals surface area contributed by atoms with E-state index < -0.39 is 0 Å². The molecule has 0 amide bonds. The number of nitrogens with zero attached hydrogens (tertiary/aromatic N) is 2. The number of hydrogen-bond donors (Lipinski definition) is 2. The van der Waals surface area contributed by atoms with Crippen LogP contribution in [0.3, 0.4) is 0 Å². The molecule has 1 aromatic heterocycles. The molecule has 5 nitrogen and oxygen atoms in total. The first-order valence-corrected chi connectivity index (χ1v) is 6.09. The summed E-state index contributed by atoms with van der Waals surface area (Å²) >= 11 is 0. The van der Waals surface area contributed by atoms with Gasteiger partial charge in [0.2, 0.25) is 0 Å². The second kappa shape index (κ2) is 4.59. The Morgan fingerprint density at radius 1 is 1.25 bits per heavy atom. The summed E-state index contributed by atoms with van der Waals surface area (Å²) in [7, 11) is 0. The molecule has 5 heteroatoms. The quantitative estimate of drug-likeness (QED) is 0.693. The second-order valence-corrected chi connectivity index (χ2v) is 4.45. The maximum absolute atomic E-state index is 8.82. The largest absolute Gasteiger partial charge is 0.441 e. The third-order valence-corrected chi connectivity index (χ3v) is 2.96. The molecule has 3 rings (SSSR count). The van der Waals surface area contributed by atoms with Crippen LogP contribution in [0.5, 0.6) is 0 Å². The van der Waals surface area contributed by atoms with Gasteiger partial charge in [0.05, 0.1) is 23.0 Å². The number of nitrogens with two attached hydrogens (primary N) is 1. The molecule has 3 aromatic rings. The standard InChI is InChI=1S/C15H12N4O/c1-9-18-14-5-3-11(7-15(14)20-9)19-13-4-2-10(8-16)6-12(13)17/h2-7,19H,17H2,1H3. The number of rotatable bonds is 2. The molecule has 20 heavy (non-hydrogen) atoms. The average molecular weight is 264 g/mol. The number of fused-ring (bicyclic) bond motifs is 1. The van der Waals surface area contributed by atoms with Crippen LogP contribution >= 0.6 is 0 Å². The molecule has 1 heterocycles. The van der Waals surface area contributed by atoms with Gasteiger partial charge in [0.15, 0.2) is 11.5 Å². The van der Waals surface area contributed by atoms with Crippen molar-refractivity contribution in [2.24, 2.45) is 0 Å². The van der Waals surface area contributed by atoms with Crippen molar-refractivity contribution in [2.45, 2.75) is 6.92 Å². The molecule has 2 aromatic carbocycles. The lowest BCUT2D eigenvalue weighted by Gasteiger charge is -2.09. The van der Waals surface area contributed by atoms with E-state index in [1.807, 2.05) is 25.1 Å². The van der Waals surface area contributed by atoms with Crippen molar-refractivity contribution in [3.05, 3.63) is 47.9 Å². The normalized spacial score (nSPS) is 10.4. The van der Waals surface area contributed by atoms with E-state index in [1.54, 1.807) is 18.2 Å². The summed E-state index contributed by atoms with van der Waals surface area (Å²) in [5, 5.41) is 12.0. The number of nitrogen functional groups attached to an aromatic ring is 1. The predicted molar refractivity (Wildman–Crippen MR) is 77.6 cm³/mol. The van der Waals surface area contributed by atoms with Crippen molar-refractivity contribution in [3.8, 4) is 6.07 Å². The molecule has 0 fully saturated rings. The zero-order chi connectivity index (χ0) is 14.1. The van der Waals surface area contributed by atoms with E-state index in [1.165, 1.54) is 0 Å². The molecular weight excluding hydrogens is 252 g/mol. The first-order chi connectivity index (χ1) is 9.65. The Labute approximate surface area is 115 Å². The Balaban J connectivity index is 1.94. The Morgan fingerprint density at radius 3 is 2.85 bits per heavy atom. The van der Waals surface area contributed by atoms with Gasteiger partial charge in [-0.25, -0.2) is 4.98 Å². The van der Waals surface area contributed by atoms with Crippen molar-refractivity contribution >= 4 is 28.2 Å². The zero-order valence-electron chi connectivity index (χ0n) is 10.8. The first-order valence-electron chi connectivity index (χ1n) is 6.09.